The van der Waals surface area contributed by atoms with Crippen molar-refractivity contribution in [3.63, 3.8) is 0 Å². The Morgan fingerprint density at radius 1 is 1.03 bits per heavy atom. The number of hydrogen-bond acceptors (Lipinski definition) is 4. The lowest BCUT2D eigenvalue weighted by molar-refractivity contribution is 0.0694. The maximum Gasteiger partial charge on any atom is 0.339 e. The summed E-state index contributed by atoms with van der Waals surface area (Å²) in [6, 6.07) is 19.1. The second-order valence-electron chi connectivity index (χ2n) is 11.2. The highest BCUT2D eigenvalue weighted by Crippen LogP contribution is 2.43. The lowest BCUT2D eigenvalue weighted by atomic mass is 9.72. The minimum absolute atomic E-state index is 0.0449. The van der Waals surface area contributed by atoms with Gasteiger partial charge >= 0.3 is 5.97 Å². The zero-order valence-corrected chi connectivity index (χ0v) is 23.2. The van der Waals surface area contributed by atoms with Gasteiger partial charge in [0.2, 0.25) is 0 Å². The van der Waals surface area contributed by atoms with E-state index < -0.39 is 11.8 Å². The fraction of sp³-hybridized carbons (Fsp3) is 0.344. The van der Waals surface area contributed by atoms with Gasteiger partial charge in [0.05, 0.1) is 0 Å². The molecule has 5 nitrogen and oxygen atoms in total. The van der Waals surface area contributed by atoms with Gasteiger partial charge in [0.15, 0.2) is 0 Å². The molecule has 1 aliphatic heterocycles. The van der Waals surface area contributed by atoms with E-state index in [2.05, 4.69) is 35.8 Å². The number of allylic oxidation sites excluding steroid dienone is 1. The minimum atomic E-state index is -1.09. The highest BCUT2D eigenvalue weighted by molar-refractivity contribution is 6.30. The molecule has 1 saturated heterocycles. The second-order valence-corrected chi connectivity index (χ2v) is 11.7. The van der Waals surface area contributed by atoms with Gasteiger partial charge in [-0.25, -0.2) is 9.18 Å². The van der Waals surface area contributed by atoms with E-state index in [1.54, 1.807) is 18.2 Å². The first-order valence-corrected chi connectivity index (χ1v) is 13.8. The fourth-order valence-electron chi connectivity index (χ4n) is 5.52. The third-order valence-electron chi connectivity index (χ3n) is 7.75. The van der Waals surface area contributed by atoms with Crippen LogP contribution in [0.3, 0.4) is 0 Å². The molecule has 5 rings (SSSR count). The molecule has 0 aromatic heterocycles. The van der Waals surface area contributed by atoms with Crippen LogP contribution in [0.5, 0.6) is 11.5 Å². The van der Waals surface area contributed by atoms with E-state index in [1.165, 1.54) is 41.3 Å². The van der Waals surface area contributed by atoms with E-state index in [-0.39, 0.29) is 22.5 Å². The van der Waals surface area contributed by atoms with Crippen molar-refractivity contribution in [2.75, 3.05) is 37.6 Å². The molecule has 39 heavy (non-hydrogen) atoms. The number of hydrogen-bond donors (Lipinski definition) is 1. The summed E-state index contributed by atoms with van der Waals surface area (Å²) in [5.74, 6) is -1.05. The van der Waals surface area contributed by atoms with Crippen LogP contribution in [0.1, 0.15) is 49.0 Å². The Morgan fingerprint density at radius 2 is 1.77 bits per heavy atom. The Balaban J connectivity index is 1.30. The van der Waals surface area contributed by atoms with Gasteiger partial charge in [-0.3, -0.25) is 4.90 Å². The molecule has 3 aromatic carbocycles. The van der Waals surface area contributed by atoms with E-state index in [9.17, 15) is 14.3 Å². The average molecular weight is 549 g/mol. The summed E-state index contributed by atoms with van der Waals surface area (Å²) in [6.07, 6.45) is 3.35. The molecule has 0 spiro atoms. The zero-order valence-electron chi connectivity index (χ0n) is 22.4. The lowest BCUT2D eigenvalue weighted by Gasteiger charge is -2.39. The molecule has 1 heterocycles. The van der Waals surface area contributed by atoms with Crippen molar-refractivity contribution in [2.24, 2.45) is 5.41 Å². The Morgan fingerprint density at radius 3 is 2.46 bits per heavy atom. The molecular weight excluding hydrogens is 515 g/mol. The highest BCUT2D eigenvalue weighted by atomic mass is 35.5. The molecule has 0 unspecified atom stereocenters. The molecule has 3 aromatic rings. The van der Waals surface area contributed by atoms with Crippen LogP contribution in [0.15, 0.2) is 72.3 Å². The summed E-state index contributed by atoms with van der Waals surface area (Å²) in [6.45, 7) is 9.10. The Bertz CT molecular complexity index is 1380. The van der Waals surface area contributed by atoms with Crippen LogP contribution >= 0.6 is 11.6 Å². The van der Waals surface area contributed by atoms with Gasteiger partial charge in [-0.05, 0) is 72.2 Å². The minimum Gasteiger partial charge on any atom is -0.478 e. The number of aromatic carboxylic acids is 1. The summed E-state index contributed by atoms with van der Waals surface area (Å²) in [7, 11) is 0. The van der Waals surface area contributed by atoms with Crippen LogP contribution in [0.25, 0.3) is 5.57 Å². The number of carboxylic acids is 1. The topological polar surface area (TPSA) is 53.0 Å². The van der Waals surface area contributed by atoms with Crippen molar-refractivity contribution in [1.82, 2.24) is 4.90 Å². The van der Waals surface area contributed by atoms with Crippen LogP contribution in [0, 0.1) is 11.2 Å². The Kier molecular flexibility index (Phi) is 7.96. The number of halogens is 2. The van der Waals surface area contributed by atoms with Crippen molar-refractivity contribution in [3.05, 3.63) is 94.3 Å². The van der Waals surface area contributed by atoms with Crippen LogP contribution in [0.2, 0.25) is 5.02 Å². The first-order chi connectivity index (χ1) is 18.7. The van der Waals surface area contributed by atoms with Gasteiger partial charge in [0.1, 0.15) is 22.9 Å². The molecule has 1 fully saturated rings. The fourth-order valence-corrected chi connectivity index (χ4v) is 5.65. The molecule has 0 radical (unpaired) electrons. The molecule has 0 atom stereocenters. The molecule has 0 saturated carbocycles. The van der Waals surface area contributed by atoms with Crippen molar-refractivity contribution in [1.29, 1.82) is 0 Å². The number of anilines is 1. The van der Waals surface area contributed by atoms with Crippen molar-refractivity contribution < 1.29 is 19.0 Å². The number of benzene rings is 3. The van der Waals surface area contributed by atoms with Gasteiger partial charge in [-0.1, -0.05) is 49.2 Å². The number of nitrogens with zero attached hydrogens (tertiary/aromatic N) is 2. The third kappa shape index (κ3) is 6.63. The molecule has 204 valence electrons. The van der Waals surface area contributed by atoms with E-state index >= 15 is 0 Å². The van der Waals surface area contributed by atoms with Crippen LogP contribution in [-0.2, 0) is 0 Å². The molecule has 7 heteroatoms. The first-order valence-electron chi connectivity index (χ1n) is 13.4. The third-order valence-corrected chi connectivity index (χ3v) is 8.00. The number of carboxylic acid groups (broad SMARTS) is 1. The number of piperazine rings is 1. The summed E-state index contributed by atoms with van der Waals surface area (Å²) >= 11 is 6.16. The summed E-state index contributed by atoms with van der Waals surface area (Å²) < 4.78 is 19.5. The quantitative estimate of drug-likeness (QED) is 0.327. The van der Waals surface area contributed by atoms with E-state index in [0.717, 1.165) is 56.3 Å². The lowest BCUT2D eigenvalue weighted by Crippen LogP contribution is -2.47. The van der Waals surface area contributed by atoms with Gasteiger partial charge in [-0.15, -0.1) is 0 Å². The number of carbonyl (C=O) groups is 1. The number of rotatable bonds is 7. The van der Waals surface area contributed by atoms with Crippen LogP contribution in [0.4, 0.5) is 10.1 Å². The first kappa shape index (κ1) is 27.2. The summed E-state index contributed by atoms with van der Waals surface area (Å²) in [5, 5.41) is 10.4. The van der Waals surface area contributed by atoms with E-state index in [0.29, 0.717) is 0 Å². The van der Waals surface area contributed by atoms with Crippen molar-refractivity contribution >= 4 is 28.8 Å². The van der Waals surface area contributed by atoms with Crippen LogP contribution in [-0.4, -0.2) is 48.7 Å². The monoisotopic (exact) mass is 548 g/mol. The van der Waals surface area contributed by atoms with E-state index in [1.807, 2.05) is 18.2 Å². The predicted molar refractivity (Wildman–Crippen MR) is 155 cm³/mol. The zero-order chi connectivity index (χ0) is 27.6. The average Bonchev–Trinajstić information content (AvgIpc) is 2.90. The molecule has 1 N–H and O–H groups in total. The van der Waals surface area contributed by atoms with Gasteiger partial charge in [-0.2, -0.15) is 0 Å². The molecular formula is C32H34ClFN2O3. The van der Waals surface area contributed by atoms with Gasteiger partial charge < -0.3 is 14.7 Å². The van der Waals surface area contributed by atoms with Gasteiger partial charge in [0, 0.05) is 55.6 Å². The summed E-state index contributed by atoms with van der Waals surface area (Å²) in [5.41, 5.74) is 5.46. The molecule has 0 amide bonds. The van der Waals surface area contributed by atoms with Gasteiger partial charge in [0.25, 0.3) is 0 Å². The maximum atomic E-state index is 13.7. The highest BCUT2D eigenvalue weighted by Gasteiger charge is 2.29. The molecule has 2 aliphatic rings. The van der Waals surface area contributed by atoms with E-state index in [4.69, 9.17) is 16.3 Å². The largest absolute Gasteiger partial charge is 0.478 e. The van der Waals surface area contributed by atoms with Crippen LogP contribution < -0.4 is 9.64 Å². The SMILES string of the molecule is CC1(C)CCC(CN2CCN(c3ccc(C(=O)O)c(Oc4cccc(F)c4)c3)CC2)=C(c2ccc(Cl)cc2)C1. The number of ether oxygens (including phenoxy) is 1. The standard InChI is InChI=1S/C32H34ClFN2O3/c1-32(2)13-12-23(29(20-32)22-6-8-24(33)9-7-22)21-35-14-16-36(17-15-35)26-10-11-28(31(37)38)30(19-26)39-27-5-3-4-25(34)18-27/h3-11,18-19H,12-17,20-21H2,1-2H3,(H,37,38). The molecule has 0 bridgehead atoms. The van der Waals surface area contributed by atoms with Crippen molar-refractivity contribution in [2.45, 2.75) is 33.1 Å². The second kappa shape index (κ2) is 11.4. The molecule has 1 aliphatic carbocycles. The summed E-state index contributed by atoms with van der Waals surface area (Å²) in [4.78, 5) is 16.6. The predicted octanol–water partition coefficient (Wildman–Crippen LogP) is 7.76. The Labute approximate surface area is 234 Å². The maximum absolute atomic E-state index is 13.7. The smallest absolute Gasteiger partial charge is 0.339 e. The Hall–Kier alpha value is -3.35. The van der Waals surface area contributed by atoms with Crippen molar-refractivity contribution in [3.8, 4) is 11.5 Å². The normalized spacial score (nSPS) is 17.8.